The topological polar surface area (TPSA) is 182 Å². The summed E-state index contributed by atoms with van der Waals surface area (Å²) in [7, 11) is 0. The largest absolute Gasteiger partial charge is 0.507 e. The maximum Gasteiger partial charge on any atom is 0.344 e. The lowest BCUT2D eigenvalue weighted by Gasteiger charge is -2.22. The number of rotatable bonds is 3. The lowest BCUT2D eigenvalue weighted by Crippen LogP contribution is -2.23. The van der Waals surface area contributed by atoms with Gasteiger partial charge < -0.3 is 39.5 Å². The van der Waals surface area contributed by atoms with Crippen molar-refractivity contribution in [2.75, 3.05) is 0 Å². The van der Waals surface area contributed by atoms with Crippen LogP contribution in [0.5, 0.6) is 34.5 Å². The number of hydrogen-bond donors (Lipinski definition) is 6. The second-order valence-electron chi connectivity index (χ2n) is 7.65. The fourth-order valence-corrected chi connectivity index (χ4v) is 3.84. The molecule has 0 aliphatic rings. The van der Waals surface area contributed by atoms with Gasteiger partial charge in [0.15, 0.2) is 22.7 Å². The molecule has 0 atom stereocenters. The minimum absolute atomic E-state index is 0.104. The van der Waals surface area contributed by atoms with Crippen molar-refractivity contribution in [2.24, 2.45) is 5.92 Å². The number of aromatic hydroxyl groups is 6. The summed E-state index contributed by atoms with van der Waals surface area (Å²) in [5.74, 6) is -5.62. The Kier molecular flexibility index (Phi) is 4.65. The van der Waals surface area contributed by atoms with Crippen molar-refractivity contribution in [2.45, 2.75) is 19.8 Å². The molecule has 10 nitrogen and oxygen atoms in total. The Labute approximate surface area is 178 Å². The van der Waals surface area contributed by atoms with E-state index in [0.29, 0.717) is 0 Å². The fraction of sp³-hybridized carbons (Fsp3) is 0.182. The normalized spacial score (nSPS) is 11.8. The van der Waals surface area contributed by atoms with Crippen LogP contribution in [0.3, 0.4) is 0 Å². The molecule has 0 radical (unpaired) electrons. The first-order valence-corrected chi connectivity index (χ1v) is 9.45. The van der Waals surface area contributed by atoms with E-state index in [2.05, 4.69) is 0 Å². The Morgan fingerprint density at radius 1 is 0.625 bits per heavy atom. The van der Waals surface area contributed by atoms with Crippen LogP contribution in [0.25, 0.3) is 21.9 Å². The van der Waals surface area contributed by atoms with Crippen LogP contribution >= 0.6 is 0 Å². The molecule has 0 amide bonds. The van der Waals surface area contributed by atoms with Crippen LogP contribution in [-0.2, 0) is 0 Å². The molecule has 4 rings (SSSR count). The van der Waals surface area contributed by atoms with Crippen LogP contribution in [0.4, 0.5) is 0 Å². The maximum atomic E-state index is 12.8. The van der Waals surface area contributed by atoms with Gasteiger partial charge in [-0.05, 0) is 30.2 Å². The molecule has 0 fully saturated rings. The molecule has 0 aliphatic heterocycles. The van der Waals surface area contributed by atoms with Gasteiger partial charge in [0.25, 0.3) is 0 Å². The Bertz CT molecular complexity index is 1400. The number of benzene rings is 2. The van der Waals surface area contributed by atoms with Gasteiger partial charge in [0.2, 0.25) is 11.5 Å². The van der Waals surface area contributed by atoms with E-state index in [1.807, 2.05) is 0 Å². The first-order chi connectivity index (χ1) is 15.0. The van der Waals surface area contributed by atoms with Crippen molar-refractivity contribution in [1.82, 2.24) is 0 Å². The van der Waals surface area contributed by atoms with Gasteiger partial charge in [-0.15, -0.1) is 0 Å². The van der Waals surface area contributed by atoms with E-state index < -0.39 is 68.8 Å². The van der Waals surface area contributed by atoms with Crippen molar-refractivity contribution >= 4 is 21.9 Å². The van der Waals surface area contributed by atoms with Gasteiger partial charge in [0.1, 0.15) is 11.5 Å². The third kappa shape index (κ3) is 2.88. The third-order valence-corrected chi connectivity index (χ3v) is 5.36. The molecule has 6 N–H and O–H groups in total. The number of fused-ring (bicyclic) bond motifs is 2. The Morgan fingerprint density at radius 3 is 1.34 bits per heavy atom. The molecule has 0 saturated carbocycles. The van der Waals surface area contributed by atoms with Gasteiger partial charge in [0.05, 0.1) is 21.9 Å². The van der Waals surface area contributed by atoms with Crippen LogP contribution in [0.2, 0.25) is 0 Å². The highest BCUT2D eigenvalue weighted by atomic mass is 16.4. The SMILES string of the molecule is CC(C)C(c1c(O)c2ccc(O)c(O)c2oc1=O)c1c(O)c2ccc(O)c(O)c2oc1=O. The van der Waals surface area contributed by atoms with E-state index in [4.69, 9.17) is 8.83 Å². The lowest BCUT2D eigenvalue weighted by molar-refractivity contribution is 0.385. The van der Waals surface area contributed by atoms with Crippen LogP contribution in [-0.4, -0.2) is 30.6 Å². The monoisotopic (exact) mass is 442 g/mol. The predicted octanol–water partition coefficient (Wildman–Crippen LogP) is 2.92. The highest BCUT2D eigenvalue weighted by molar-refractivity contribution is 5.92. The molecule has 0 bridgehead atoms. The van der Waals surface area contributed by atoms with Gasteiger partial charge in [-0.1, -0.05) is 13.8 Å². The van der Waals surface area contributed by atoms with E-state index in [9.17, 15) is 40.2 Å². The van der Waals surface area contributed by atoms with Crippen molar-refractivity contribution in [1.29, 1.82) is 0 Å². The molecule has 166 valence electrons. The molecular weight excluding hydrogens is 424 g/mol. The quantitative estimate of drug-likeness (QED) is 0.204. The average Bonchev–Trinajstić information content (AvgIpc) is 2.72. The van der Waals surface area contributed by atoms with Crippen molar-refractivity contribution in [3.05, 3.63) is 56.2 Å². The Hall–Kier alpha value is -4.34. The zero-order valence-corrected chi connectivity index (χ0v) is 16.8. The zero-order chi connectivity index (χ0) is 23.5. The summed E-state index contributed by atoms with van der Waals surface area (Å²) in [4.78, 5) is 25.6. The van der Waals surface area contributed by atoms with Crippen LogP contribution in [0.1, 0.15) is 30.9 Å². The van der Waals surface area contributed by atoms with Crippen LogP contribution < -0.4 is 11.3 Å². The van der Waals surface area contributed by atoms with E-state index in [-0.39, 0.29) is 21.9 Å². The Morgan fingerprint density at radius 2 is 1.00 bits per heavy atom. The lowest BCUT2D eigenvalue weighted by atomic mass is 9.82. The minimum Gasteiger partial charge on any atom is -0.507 e. The molecule has 2 aromatic carbocycles. The van der Waals surface area contributed by atoms with Gasteiger partial charge in [-0.2, -0.15) is 0 Å². The van der Waals surface area contributed by atoms with Crippen molar-refractivity contribution in [3.8, 4) is 34.5 Å². The fourth-order valence-electron chi connectivity index (χ4n) is 3.84. The predicted molar refractivity (Wildman–Crippen MR) is 112 cm³/mol. The van der Waals surface area contributed by atoms with E-state index in [1.54, 1.807) is 13.8 Å². The highest BCUT2D eigenvalue weighted by Crippen LogP contribution is 2.45. The van der Waals surface area contributed by atoms with Gasteiger partial charge >= 0.3 is 11.3 Å². The van der Waals surface area contributed by atoms with E-state index in [1.165, 1.54) is 12.1 Å². The summed E-state index contributed by atoms with van der Waals surface area (Å²) in [6.45, 7) is 3.25. The number of phenolic OH excluding ortho intramolecular Hbond substituents is 4. The smallest absolute Gasteiger partial charge is 0.344 e. The van der Waals surface area contributed by atoms with Crippen LogP contribution in [0.15, 0.2) is 42.7 Å². The summed E-state index contributed by atoms with van der Waals surface area (Å²) in [5, 5.41) is 60.7. The second-order valence-corrected chi connectivity index (χ2v) is 7.65. The summed E-state index contributed by atoms with van der Waals surface area (Å²) in [6.07, 6.45) is 0. The summed E-state index contributed by atoms with van der Waals surface area (Å²) >= 11 is 0. The molecular formula is C22H18O10. The summed E-state index contributed by atoms with van der Waals surface area (Å²) < 4.78 is 10.3. The second kappa shape index (κ2) is 7.12. The van der Waals surface area contributed by atoms with E-state index >= 15 is 0 Å². The van der Waals surface area contributed by atoms with Gasteiger partial charge in [-0.3, -0.25) is 0 Å². The Balaban J connectivity index is 2.09. The molecule has 0 saturated heterocycles. The highest BCUT2D eigenvalue weighted by Gasteiger charge is 2.34. The first-order valence-electron chi connectivity index (χ1n) is 9.45. The molecule has 4 aromatic rings. The standard InChI is InChI=1S/C22H18O10/c1-7(2)12(13-15(25)8-3-5-10(23)17(27)19(8)31-21(13)29)14-16(26)9-4-6-11(24)18(28)20(9)32-22(14)30/h3-7,12,23-28H,1-2H3. The summed E-state index contributed by atoms with van der Waals surface area (Å²) in [6, 6.07) is 4.60. The summed E-state index contributed by atoms with van der Waals surface area (Å²) in [5.41, 5.74) is -3.86. The first kappa shape index (κ1) is 20.9. The molecule has 0 spiro atoms. The van der Waals surface area contributed by atoms with Crippen molar-refractivity contribution < 1.29 is 39.5 Å². The van der Waals surface area contributed by atoms with Gasteiger partial charge in [0, 0.05) is 5.92 Å². The van der Waals surface area contributed by atoms with E-state index in [0.717, 1.165) is 12.1 Å². The average molecular weight is 442 g/mol. The molecule has 0 unspecified atom stereocenters. The molecule has 2 heterocycles. The van der Waals surface area contributed by atoms with Crippen LogP contribution in [0, 0.1) is 5.92 Å². The molecule has 0 aliphatic carbocycles. The van der Waals surface area contributed by atoms with Crippen molar-refractivity contribution in [3.63, 3.8) is 0 Å². The molecule has 10 heteroatoms. The third-order valence-electron chi connectivity index (χ3n) is 5.36. The molecule has 2 aromatic heterocycles. The van der Waals surface area contributed by atoms with Gasteiger partial charge in [-0.25, -0.2) is 9.59 Å². The minimum atomic E-state index is -1.22. The maximum absolute atomic E-state index is 12.8. The number of hydrogen-bond acceptors (Lipinski definition) is 10. The number of phenols is 4. The zero-order valence-electron chi connectivity index (χ0n) is 16.8. The molecule has 32 heavy (non-hydrogen) atoms.